The normalized spacial score (nSPS) is 11.4. The van der Waals surface area contributed by atoms with Crippen molar-refractivity contribution in [1.29, 1.82) is 0 Å². The predicted octanol–water partition coefficient (Wildman–Crippen LogP) is 4.27. The van der Waals surface area contributed by atoms with E-state index in [1.165, 1.54) is 36.4 Å². The minimum Gasteiger partial charge on any atom is -0.294 e. The summed E-state index contributed by atoms with van der Waals surface area (Å²) in [4.78, 5) is 11.9. The number of hydrogen-bond donors (Lipinski definition) is 0. The topological polar surface area (TPSA) is 17.1 Å². The molecule has 0 aliphatic carbocycles. The number of hydrogen-bond acceptors (Lipinski definition) is 1. The first-order chi connectivity index (χ1) is 9.36. The first-order valence-electron chi connectivity index (χ1n) is 5.81. The molecular formula is C15H10F4O. The van der Waals surface area contributed by atoms with Crippen LogP contribution in [0.1, 0.15) is 21.5 Å². The molecule has 5 heteroatoms. The molecule has 0 heterocycles. The summed E-state index contributed by atoms with van der Waals surface area (Å²) in [6.07, 6.45) is -4.55. The maximum Gasteiger partial charge on any atom is 0.416 e. The van der Waals surface area contributed by atoms with Gasteiger partial charge in [-0.25, -0.2) is 4.39 Å². The number of alkyl halides is 3. The number of carbonyl (C=O) groups excluding carboxylic acids is 1. The van der Waals surface area contributed by atoms with Crippen molar-refractivity contribution in [2.45, 2.75) is 12.6 Å². The van der Waals surface area contributed by atoms with Gasteiger partial charge >= 0.3 is 6.18 Å². The van der Waals surface area contributed by atoms with Gasteiger partial charge in [-0.3, -0.25) is 4.79 Å². The molecular weight excluding hydrogens is 272 g/mol. The summed E-state index contributed by atoms with van der Waals surface area (Å²) in [6.45, 7) is 0. The zero-order valence-electron chi connectivity index (χ0n) is 10.2. The Bertz CT molecular complexity index is 615. The van der Waals surface area contributed by atoms with Crippen molar-refractivity contribution < 1.29 is 22.4 Å². The van der Waals surface area contributed by atoms with Crippen molar-refractivity contribution in [3.8, 4) is 0 Å². The van der Waals surface area contributed by atoms with Crippen LogP contribution in [0.5, 0.6) is 0 Å². The van der Waals surface area contributed by atoms with Gasteiger partial charge < -0.3 is 0 Å². The smallest absolute Gasteiger partial charge is 0.294 e. The molecule has 2 aromatic carbocycles. The van der Waals surface area contributed by atoms with Gasteiger partial charge in [0.1, 0.15) is 5.82 Å². The Hall–Kier alpha value is -2.17. The second kappa shape index (κ2) is 5.45. The number of rotatable bonds is 3. The Kier molecular flexibility index (Phi) is 3.88. The van der Waals surface area contributed by atoms with Crippen molar-refractivity contribution in [1.82, 2.24) is 0 Å². The van der Waals surface area contributed by atoms with E-state index in [1.807, 2.05) is 0 Å². The lowest BCUT2D eigenvalue weighted by Crippen LogP contribution is -2.09. The number of carbonyl (C=O) groups is 1. The van der Waals surface area contributed by atoms with E-state index in [2.05, 4.69) is 0 Å². The van der Waals surface area contributed by atoms with Crippen LogP contribution in [0.3, 0.4) is 0 Å². The SMILES string of the molecule is O=C(Cc1ccc(F)cc1)c1cccc(C(F)(F)F)c1. The molecule has 0 saturated heterocycles. The van der Waals surface area contributed by atoms with E-state index in [9.17, 15) is 22.4 Å². The van der Waals surface area contributed by atoms with Gasteiger partial charge in [-0.2, -0.15) is 13.2 Å². The van der Waals surface area contributed by atoms with Crippen LogP contribution >= 0.6 is 0 Å². The zero-order valence-corrected chi connectivity index (χ0v) is 10.2. The molecule has 2 rings (SSSR count). The number of Topliss-reactive ketones (excluding diaryl/α,β-unsaturated/α-hetero) is 1. The van der Waals surface area contributed by atoms with Gasteiger partial charge in [0, 0.05) is 12.0 Å². The van der Waals surface area contributed by atoms with Crippen LogP contribution in [-0.4, -0.2) is 5.78 Å². The highest BCUT2D eigenvalue weighted by Crippen LogP contribution is 2.29. The molecule has 20 heavy (non-hydrogen) atoms. The summed E-state index contributed by atoms with van der Waals surface area (Å²) < 4.78 is 50.4. The maximum atomic E-state index is 12.7. The van der Waals surface area contributed by atoms with Crippen molar-refractivity contribution in [3.05, 3.63) is 71.0 Å². The lowest BCUT2D eigenvalue weighted by molar-refractivity contribution is -0.137. The van der Waals surface area contributed by atoms with Crippen molar-refractivity contribution in [2.75, 3.05) is 0 Å². The summed E-state index contributed by atoms with van der Waals surface area (Å²) in [5.41, 5.74) is -0.319. The standard InChI is InChI=1S/C15H10F4O/c16-13-6-4-10(5-7-13)8-14(20)11-2-1-3-12(9-11)15(17,18)19/h1-7,9H,8H2. The van der Waals surface area contributed by atoms with Gasteiger partial charge in [-0.1, -0.05) is 24.3 Å². The van der Waals surface area contributed by atoms with E-state index in [1.54, 1.807) is 0 Å². The average molecular weight is 282 g/mol. The third kappa shape index (κ3) is 3.44. The van der Waals surface area contributed by atoms with Crippen molar-refractivity contribution in [3.63, 3.8) is 0 Å². The van der Waals surface area contributed by atoms with Crippen LogP contribution < -0.4 is 0 Å². The molecule has 0 aliphatic rings. The Balaban J connectivity index is 2.19. The predicted molar refractivity (Wildman–Crippen MR) is 65.9 cm³/mol. The molecule has 0 atom stereocenters. The van der Waals surface area contributed by atoms with Gasteiger partial charge in [-0.05, 0) is 29.8 Å². The van der Waals surface area contributed by atoms with E-state index in [0.29, 0.717) is 5.56 Å². The van der Waals surface area contributed by atoms with Gasteiger partial charge in [0.2, 0.25) is 0 Å². The fourth-order valence-electron chi connectivity index (χ4n) is 1.76. The number of benzene rings is 2. The van der Waals surface area contributed by atoms with E-state index in [0.717, 1.165) is 12.1 Å². The molecule has 0 unspecified atom stereocenters. The van der Waals surface area contributed by atoms with Gasteiger partial charge in [-0.15, -0.1) is 0 Å². The number of halogens is 4. The van der Waals surface area contributed by atoms with Crippen LogP contribution in [0.2, 0.25) is 0 Å². The van der Waals surface area contributed by atoms with E-state index < -0.39 is 23.3 Å². The Labute approximate surface area is 112 Å². The molecule has 0 fully saturated rings. The van der Waals surface area contributed by atoms with Gasteiger partial charge in [0.25, 0.3) is 0 Å². The summed E-state index contributed by atoms with van der Waals surface area (Å²) in [5.74, 6) is -0.872. The average Bonchev–Trinajstić information content (AvgIpc) is 2.40. The van der Waals surface area contributed by atoms with Gasteiger partial charge in [0.05, 0.1) is 5.56 Å². The Morgan fingerprint density at radius 2 is 1.65 bits per heavy atom. The maximum absolute atomic E-state index is 12.7. The first-order valence-corrected chi connectivity index (χ1v) is 5.81. The van der Waals surface area contributed by atoms with E-state index in [4.69, 9.17) is 0 Å². The second-order valence-corrected chi connectivity index (χ2v) is 4.30. The van der Waals surface area contributed by atoms with Crippen LogP contribution in [0, 0.1) is 5.82 Å². The molecule has 2 aromatic rings. The summed E-state index contributed by atoms with van der Waals surface area (Å²) >= 11 is 0. The molecule has 0 N–H and O–H groups in total. The second-order valence-electron chi connectivity index (χ2n) is 4.30. The lowest BCUT2D eigenvalue weighted by atomic mass is 10.0. The molecule has 0 amide bonds. The van der Waals surface area contributed by atoms with E-state index in [-0.39, 0.29) is 12.0 Å². The third-order valence-electron chi connectivity index (χ3n) is 2.79. The molecule has 0 bridgehead atoms. The fraction of sp³-hybridized carbons (Fsp3) is 0.133. The number of ketones is 1. The minimum atomic E-state index is -4.48. The molecule has 0 aromatic heterocycles. The summed E-state index contributed by atoms with van der Waals surface area (Å²) in [6, 6.07) is 9.54. The largest absolute Gasteiger partial charge is 0.416 e. The quantitative estimate of drug-likeness (QED) is 0.607. The summed E-state index contributed by atoms with van der Waals surface area (Å²) in [7, 11) is 0. The Morgan fingerprint density at radius 3 is 2.25 bits per heavy atom. The van der Waals surface area contributed by atoms with Crippen molar-refractivity contribution in [2.24, 2.45) is 0 Å². The zero-order chi connectivity index (χ0) is 14.8. The lowest BCUT2D eigenvalue weighted by Gasteiger charge is -2.08. The highest BCUT2D eigenvalue weighted by atomic mass is 19.4. The molecule has 104 valence electrons. The molecule has 0 saturated carbocycles. The monoisotopic (exact) mass is 282 g/mol. The molecule has 0 aliphatic heterocycles. The Morgan fingerprint density at radius 1 is 1.00 bits per heavy atom. The van der Waals surface area contributed by atoms with E-state index >= 15 is 0 Å². The highest BCUT2D eigenvalue weighted by molar-refractivity contribution is 5.97. The van der Waals surface area contributed by atoms with Crippen LogP contribution in [0.4, 0.5) is 17.6 Å². The fourth-order valence-corrected chi connectivity index (χ4v) is 1.76. The highest BCUT2D eigenvalue weighted by Gasteiger charge is 2.30. The molecule has 0 spiro atoms. The van der Waals surface area contributed by atoms with Crippen LogP contribution in [0.15, 0.2) is 48.5 Å². The van der Waals surface area contributed by atoms with Crippen LogP contribution in [0.25, 0.3) is 0 Å². The molecule has 1 nitrogen and oxygen atoms in total. The summed E-state index contributed by atoms with van der Waals surface area (Å²) in [5, 5.41) is 0. The van der Waals surface area contributed by atoms with Gasteiger partial charge in [0.15, 0.2) is 5.78 Å². The van der Waals surface area contributed by atoms with Crippen molar-refractivity contribution >= 4 is 5.78 Å². The first kappa shape index (κ1) is 14.2. The third-order valence-corrected chi connectivity index (χ3v) is 2.79. The van der Waals surface area contributed by atoms with Crippen LogP contribution in [-0.2, 0) is 12.6 Å². The minimum absolute atomic E-state index is 0.0100. The molecule has 0 radical (unpaired) electrons.